The second-order valence-electron chi connectivity index (χ2n) is 6.16. The van der Waals surface area contributed by atoms with E-state index in [2.05, 4.69) is 26.7 Å². The maximum Gasteiger partial charge on any atom is 0.230 e. The molecule has 0 saturated heterocycles. The van der Waals surface area contributed by atoms with Crippen LogP contribution in [0.4, 0.5) is 5.95 Å². The van der Waals surface area contributed by atoms with E-state index in [0.29, 0.717) is 23.8 Å². The zero-order valence-corrected chi connectivity index (χ0v) is 14.9. The molecule has 0 fully saturated rings. The van der Waals surface area contributed by atoms with Gasteiger partial charge in [-0.2, -0.15) is 0 Å². The number of aromatic nitrogens is 2. The second-order valence-corrected chi connectivity index (χ2v) is 6.16. The second kappa shape index (κ2) is 7.33. The Morgan fingerprint density at radius 3 is 2.63 bits per heavy atom. The van der Waals surface area contributed by atoms with Gasteiger partial charge in [-0.3, -0.25) is 0 Å². The van der Waals surface area contributed by atoms with E-state index in [4.69, 9.17) is 4.74 Å². The molecule has 0 bridgehead atoms. The summed E-state index contributed by atoms with van der Waals surface area (Å²) in [4.78, 5) is 9.21. The Morgan fingerprint density at radius 1 is 1.04 bits per heavy atom. The molecule has 0 aliphatic rings. The molecular formula is C22H19N3O2. The summed E-state index contributed by atoms with van der Waals surface area (Å²) in [5.41, 5.74) is 3.65. The maximum absolute atomic E-state index is 10.1. The molecule has 27 heavy (non-hydrogen) atoms. The first-order chi connectivity index (χ1) is 13.2. The molecule has 1 heterocycles. The Bertz CT molecular complexity index is 1100. The lowest BCUT2D eigenvalue weighted by atomic mass is 10.2. The standard InChI is InChI=1S/C22H19N3O2/c1-27-18-11-12-21(26)17(13-18)14-23-22-24-19-9-5-6-10-20(19)25(22)15-16-7-3-2-4-8-16/h2-14,26H,15H2,1H3. The van der Waals surface area contributed by atoms with Crippen LogP contribution in [-0.2, 0) is 6.54 Å². The van der Waals surface area contributed by atoms with Gasteiger partial charge in [0.2, 0.25) is 5.95 Å². The lowest BCUT2D eigenvalue weighted by Gasteiger charge is -2.07. The first kappa shape index (κ1) is 16.8. The van der Waals surface area contributed by atoms with E-state index in [1.54, 1.807) is 31.5 Å². The Kier molecular flexibility index (Phi) is 4.58. The average molecular weight is 357 g/mol. The molecule has 1 aromatic heterocycles. The number of ether oxygens (including phenoxy) is 1. The fraction of sp³-hybridized carbons (Fsp3) is 0.0909. The monoisotopic (exact) mass is 357 g/mol. The zero-order chi connectivity index (χ0) is 18.6. The van der Waals surface area contributed by atoms with Gasteiger partial charge in [-0.1, -0.05) is 42.5 Å². The van der Waals surface area contributed by atoms with Crippen LogP contribution in [0.1, 0.15) is 11.1 Å². The minimum absolute atomic E-state index is 0.144. The summed E-state index contributed by atoms with van der Waals surface area (Å²) >= 11 is 0. The van der Waals surface area contributed by atoms with Crippen molar-refractivity contribution < 1.29 is 9.84 Å². The van der Waals surface area contributed by atoms with Crippen LogP contribution in [0.25, 0.3) is 11.0 Å². The third-order valence-electron chi connectivity index (χ3n) is 4.37. The Labute approximate surface area is 157 Å². The number of methoxy groups -OCH3 is 1. The molecule has 4 aromatic rings. The van der Waals surface area contributed by atoms with Gasteiger partial charge >= 0.3 is 0 Å². The van der Waals surface area contributed by atoms with Gasteiger partial charge in [0.1, 0.15) is 11.5 Å². The van der Waals surface area contributed by atoms with E-state index in [9.17, 15) is 5.11 Å². The summed E-state index contributed by atoms with van der Waals surface area (Å²) in [6.07, 6.45) is 1.61. The predicted molar refractivity (Wildman–Crippen MR) is 107 cm³/mol. The van der Waals surface area contributed by atoms with Crippen LogP contribution in [0.3, 0.4) is 0 Å². The molecule has 5 heteroatoms. The van der Waals surface area contributed by atoms with Crippen molar-refractivity contribution in [2.45, 2.75) is 6.54 Å². The molecule has 1 N–H and O–H groups in total. The summed E-state index contributed by atoms with van der Waals surface area (Å²) < 4.78 is 7.29. The Hall–Kier alpha value is -3.60. The van der Waals surface area contributed by atoms with Gasteiger partial charge in [-0.05, 0) is 35.9 Å². The van der Waals surface area contributed by atoms with E-state index in [1.165, 1.54) is 5.56 Å². The summed E-state index contributed by atoms with van der Waals surface area (Å²) in [5, 5.41) is 10.1. The fourth-order valence-corrected chi connectivity index (χ4v) is 2.97. The molecule has 0 saturated carbocycles. The number of aromatic hydroxyl groups is 1. The number of fused-ring (bicyclic) bond motifs is 1. The van der Waals surface area contributed by atoms with Gasteiger partial charge in [0.15, 0.2) is 0 Å². The topological polar surface area (TPSA) is 59.6 Å². The lowest BCUT2D eigenvalue weighted by Crippen LogP contribution is -1.99. The van der Waals surface area contributed by atoms with Crippen LogP contribution in [0.15, 0.2) is 77.8 Å². The van der Waals surface area contributed by atoms with Crippen molar-refractivity contribution in [3.05, 3.63) is 83.9 Å². The van der Waals surface area contributed by atoms with Crippen molar-refractivity contribution in [3.63, 3.8) is 0 Å². The Balaban J connectivity index is 1.76. The fourth-order valence-electron chi connectivity index (χ4n) is 2.97. The van der Waals surface area contributed by atoms with E-state index in [0.717, 1.165) is 11.0 Å². The number of imidazole rings is 1. The van der Waals surface area contributed by atoms with Crippen molar-refractivity contribution in [3.8, 4) is 11.5 Å². The van der Waals surface area contributed by atoms with Gasteiger partial charge in [0, 0.05) is 11.8 Å². The predicted octanol–water partition coefficient (Wildman–Crippen LogP) is 4.55. The molecule has 0 unspecified atom stereocenters. The molecule has 0 amide bonds. The van der Waals surface area contributed by atoms with Gasteiger partial charge < -0.3 is 14.4 Å². The molecule has 0 radical (unpaired) electrons. The molecule has 0 atom stereocenters. The highest BCUT2D eigenvalue weighted by Gasteiger charge is 2.10. The third-order valence-corrected chi connectivity index (χ3v) is 4.37. The molecule has 3 aromatic carbocycles. The van der Waals surface area contributed by atoms with Crippen molar-refractivity contribution >= 4 is 23.2 Å². The number of phenolic OH excluding ortho intramolecular Hbond substituents is 1. The number of phenols is 1. The number of nitrogens with zero attached hydrogens (tertiary/aromatic N) is 3. The van der Waals surface area contributed by atoms with Crippen LogP contribution in [0.5, 0.6) is 11.5 Å². The van der Waals surface area contributed by atoms with Crippen LogP contribution in [0.2, 0.25) is 0 Å². The normalized spacial score (nSPS) is 11.3. The summed E-state index contributed by atoms with van der Waals surface area (Å²) in [7, 11) is 1.59. The molecule has 0 aliphatic heterocycles. The number of aliphatic imine (C=N–C) groups is 1. The van der Waals surface area contributed by atoms with E-state index in [1.807, 2.05) is 42.5 Å². The Morgan fingerprint density at radius 2 is 1.81 bits per heavy atom. The maximum atomic E-state index is 10.1. The van der Waals surface area contributed by atoms with E-state index >= 15 is 0 Å². The minimum atomic E-state index is 0.144. The molecule has 4 rings (SSSR count). The third kappa shape index (κ3) is 3.53. The summed E-state index contributed by atoms with van der Waals surface area (Å²) in [6, 6.07) is 23.2. The summed E-state index contributed by atoms with van der Waals surface area (Å²) in [6.45, 7) is 0.665. The number of hydrogen-bond donors (Lipinski definition) is 1. The highest BCUT2D eigenvalue weighted by atomic mass is 16.5. The quantitative estimate of drug-likeness (QED) is 0.533. The molecule has 0 aliphatic carbocycles. The van der Waals surface area contributed by atoms with Crippen LogP contribution < -0.4 is 4.74 Å². The van der Waals surface area contributed by atoms with E-state index in [-0.39, 0.29) is 5.75 Å². The van der Waals surface area contributed by atoms with Gasteiger partial charge in [-0.25, -0.2) is 9.98 Å². The van der Waals surface area contributed by atoms with Gasteiger partial charge in [0.25, 0.3) is 0 Å². The highest BCUT2D eigenvalue weighted by Crippen LogP contribution is 2.25. The number of rotatable bonds is 5. The summed E-state index contributed by atoms with van der Waals surface area (Å²) in [5.74, 6) is 1.39. The SMILES string of the molecule is COc1ccc(O)c(C=Nc2nc3ccccc3n2Cc2ccccc2)c1. The van der Waals surface area contributed by atoms with Crippen molar-refractivity contribution in [1.29, 1.82) is 0 Å². The number of benzene rings is 3. The minimum Gasteiger partial charge on any atom is -0.507 e. The molecule has 0 spiro atoms. The van der Waals surface area contributed by atoms with Gasteiger partial charge in [0.05, 0.1) is 24.7 Å². The lowest BCUT2D eigenvalue weighted by molar-refractivity contribution is 0.412. The van der Waals surface area contributed by atoms with Crippen molar-refractivity contribution in [2.24, 2.45) is 4.99 Å². The first-order valence-corrected chi connectivity index (χ1v) is 8.65. The first-order valence-electron chi connectivity index (χ1n) is 8.65. The molecule has 134 valence electrons. The van der Waals surface area contributed by atoms with Crippen LogP contribution in [0, 0.1) is 0 Å². The van der Waals surface area contributed by atoms with Crippen LogP contribution >= 0.6 is 0 Å². The smallest absolute Gasteiger partial charge is 0.230 e. The molecular weight excluding hydrogens is 338 g/mol. The van der Waals surface area contributed by atoms with Gasteiger partial charge in [-0.15, -0.1) is 0 Å². The van der Waals surface area contributed by atoms with Crippen molar-refractivity contribution in [1.82, 2.24) is 9.55 Å². The number of hydrogen-bond acceptors (Lipinski definition) is 4. The number of para-hydroxylation sites is 2. The highest BCUT2D eigenvalue weighted by molar-refractivity contribution is 5.86. The largest absolute Gasteiger partial charge is 0.507 e. The molecule has 5 nitrogen and oxygen atoms in total. The van der Waals surface area contributed by atoms with Crippen molar-refractivity contribution in [2.75, 3.05) is 7.11 Å². The van der Waals surface area contributed by atoms with Crippen LogP contribution in [-0.4, -0.2) is 28.0 Å². The average Bonchev–Trinajstić information content (AvgIpc) is 3.06. The zero-order valence-electron chi connectivity index (χ0n) is 14.9. The van der Waals surface area contributed by atoms with E-state index < -0.39 is 0 Å².